The highest BCUT2D eigenvalue weighted by molar-refractivity contribution is 7.99. The lowest BCUT2D eigenvalue weighted by Gasteiger charge is -2.59. The van der Waals surface area contributed by atoms with Gasteiger partial charge in [-0.2, -0.15) is 0 Å². The zero-order chi connectivity index (χ0) is 17.6. The van der Waals surface area contributed by atoms with Crippen LogP contribution in [0.2, 0.25) is 0 Å². The Morgan fingerprint density at radius 1 is 1.24 bits per heavy atom. The van der Waals surface area contributed by atoms with Gasteiger partial charge in [0.25, 0.3) is 0 Å². The van der Waals surface area contributed by atoms with Crippen LogP contribution < -0.4 is 5.32 Å². The number of aryl methyl sites for hydroxylation is 2. The Kier molecular flexibility index (Phi) is 4.63. The standard InChI is InChI=1S/C20H30N2O2S/c1-12-18(13(2)24-22-12)10-25-11-19(23)21-14(3)20-7-15-4-16(8-20)6-17(5-15)9-20/h14-17H,4-11H2,1-3H3,(H,21,23)/t14-,15?,16?,17?,20?/m0/s1. The number of hydrogen-bond acceptors (Lipinski definition) is 4. The van der Waals surface area contributed by atoms with Crippen LogP contribution in [0.1, 0.15) is 62.5 Å². The fourth-order valence-electron chi connectivity index (χ4n) is 6.10. The molecule has 1 amide bonds. The fourth-order valence-corrected chi connectivity index (χ4v) is 7.09. The minimum absolute atomic E-state index is 0.181. The van der Waals surface area contributed by atoms with Gasteiger partial charge < -0.3 is 9.84 Å². The largest absolute Gasteiger partial charge is 0.361 e. The third-order valence-corrected chi connectivity index (χ3v) is 8.00. The van der Waals surface area contributed by atoms with Crippen molar-refractivity contribution in [3.63, 3.8) is 0 Å². The van der Waals surface area contributed by atoms with Crippen molar-refractivity contribution >= 4 is 17.7 Å². The van der Waals surface area contributed by atoms with Crippen molar-refractivity contribution in [2.24, 2.45) is 23.2 Å². The van der Waals surface area contributed by atoms with Crippen molar-refractivity contribution < 1.29 is 9.32 Å². The third-order valence-electron chi connectivity index (χ3n) is 7.04. The first-order valence-electron chi connectivity index (χ1n) is 9.74. The number of rotatable bonds is 6. The third kappa shape index (κ3) is 3.36. The lowest BCUT2D eigenvalue weighted by molar-refractivity contribution is -0.123. The summed E-state index contributed by atoms with van der Waals surface area (Å²) in [6.07, 6.45) is 8.37. The molecule has 4 bridgehead atoms. The second-order valence-electron chi connectivity index (χ2n) is 8.86. The number of hydrogen-bond donors (Lipinski definition) is 1. The average molecular weight is 363 g/mol. The van der Waals surface area contributed by atoms with Crippen LogP contribution in [-0.2, 0) is 10.5 Å². The number of nitrogens with one attached hydrogen (secondary N) is 1. The molecule has 4 aliphatic rings. The molecular weight excluding hydrogens is 332 g/mol. The molecule has 4 fully saturated rings. The maximum Gasteiger partial charge on any atom is 0.230 e. The molecule has 4 aliphatic carbocycles. The highest BCUT2D eigenvalue weighted by Crippen LogP contribution is 2.61. The van der Waals surface area contributed by atoms with Crippen LogP contribution in [0.15, 0.2) is 4.52 Å². The van der Waals surface area contributed by atoms with Gasteiger partial charge in [-0.1, -0.05) is 5.16 Å². The quantitative estimate of drug-likeness (QED) is 0.822. The minimum Gasteiger partial charge on any atom is -0.361 e. The molecule has 1 heterocycles. The molecule has 0 spiro atoms. The summed E-state index contributed by atoms with van der Waals surface area (Å²) in [6.45, 7) is 6.15. The molecule has 1 aromatic heterocycles. The zero-order valence-electron chi connectivity index (χ0n) is 15.6. The molecule has 1 aromatic rings. The molecule has 0 aliphatic heterocycles. The van der Waals surface area contributed by atoms with Gasteiger partial charge in [-0.05, 0) is 82.5 Å². The van der Waals surface area contributed by atoms with Gasteiger partial charge in [0.15, 0.2) is 0 Å². The second kappa shape index (κ2) is 6.64. The van der Waals surface area contributed by atoms with Crippen LogP contribution in [0, 0.1) is 37.0 Å². The van der Waals surface area contributed by atoms with Gasteiger partial charge in [0.2, 0.25) is 5.91 Å². The van der Waals surface area contributed by atoms with Gasteiger partial charge in [0, 0.05) is 17.4 Å². The van der Waals surface area contributed by atoms with Gasteiger partial charge in [-0.3, -0.25) is 4.79 Å². The van der Waals surface area contributed by atoms with E-state index in [1.165, 1.54) is 38.5 Å². The molecule has 5 heteroatoms. The first-order chi connectivity index (χ1) is 11.9. The van der Waals surface area contributed by atoms with Crippen molar-refractivity contribution in [2.45, 2.75) is 71.1 Å². The Hall–Kier alpha value is -0.970. The van der Waals surface area contributed by atoms with E-state index in [0.29, 0.717) is 17.2 Å². The molecule has 0 radical (unpaired) electrons. The van der Waals surface area contributed by atoms with Crippen LogP contribution in [-0.4, -0.2) is 22.9 Å². The molecule has 1 atom stereocenters. The molecular formula is C20H30N2O2S. The van der Waals surface area contributed by atoms with Gasteiger partial charge in [0.05, 0.1) is 11.4 Å². The molecule has 0 saturated heterocycles. The van der Waals surface area contributed by atoms with E-state index >= 15 is 0 Å². The molecule has 4 saturated carbocycles. The molecule has 5 rings (SSSR count). The van der Waals surface area contributed by atoms with Gasteiger partial charge in [-0.15, -0.1) is 11.8 Å². The van der Waals surface area contributed by atoms with Gasteiger partial charge >= 0.3 is 0 Å². The van der Waals surface area contributed by atoms with Crippen LogP contribution in [0.4, 0.5) is 0 Å². The molecule has 25 heavy (non-hydrogen) atoms. The summed E-state index contributed by atoms with van der Waals surface area (Å²) in [5.41, 5.74) is 2.45. The van der Waals surface area contributed by atoms with Crippen LogP contribution in [0.3, 0.4) is 0 Å². The maximum absolute atomic E-state index is 12.5. The Bertz CT molecular complexity index is 599. The summed E-state index contributed by atoms with van der Waals surface area (Å²) in [5.74, 6) is 5.15. The lowest BCUT2D eigenvalue weighted by Crippen LogP contribution is -2.56. The van der Waals surface area contributed by atoms with E-state index in [0.717, 1.165) is 40.5 Å². The molecule has 0 unspecified atom stereocenters. The van der Waals surface area contributed by atoms with Crippen molar-refractivity contribution in [3.05, 3.63) is 17.0 Å². The van der Waals surface area contributed by atoms with E-state index in [1.807, 2.05) is 13.8 Å². The number of amides is 1. The molecule has 0 aromatic carbocycles. The number of carbonyl (C=O) groups is 1. The lowest BCUT2D eigenvalue weighted by atomic mass is 9.48. The minimum atomic E-state index is 0.181. The Labute approximate surface area is 154 Å². The van der Waals surface area contributed by atoms with Crippen LogP contribution in [0.25, 0.3) is 0 Å². The SMILES string of the molecule is Cc1noc(C)c1CSCC(=O)N[C@@H](C)C12CC3CC(CC(C3)C1)C2. The number of aromatic nitrogens is 1. The second-order valence-corrected chi connectivity index (χ2v) is 9.85. The summed E-state index contributed by atoms with van der Waals surface area (Å²) < 4.78 is 5.19. The summed E-state index contributed by atoms with van der Waals surface area (Å²) in [5, 5.41) is 7.33. The van der Waals surface area contributed by atoms with E-state index in [1.54, 1.807) is 11.8 Å². The highest BCUT2D eigenvalue weighted by Gasteiger charge is 2.53. The zero-order valence-corrected chi connectivity index (χ0v) is 16.5. The van der Waals surface area contributed by atoms with Gasteiger partial charge in [0.1, 0.15) is 5.76 Å². The van der Waals surface area contributed by atoms with E-state index in [4.69, 9.17) is 4.52 Å². The topological polar surface area (TPSA) is 55.1 Å². The predicted molar refractivity (Wildman–Crippen MR) is 100 cm³/mol. The van der Waals surface area contributed by atoms with Crippen molar-refractivity contribution in [1.82, 2.24) is 10.5 Å². The monoisotopic (exact) mass is 362 g/mol. The summed E-state index contributed by atoms with van der Waals surface area (Å²) in [7, 11) is 0. The van der Waals surface area contributed by atoms with E-state index in [2.05, 4.69) is 17.4 Å². The maximum atomic E-state index is 12.5. The van der Waals surface area contributed by atoms with E-state index in [-0.39, 0.29) is 5.91 Å². The molecule has 1 N–H and O–H groups in total. The van der Waals surface area contributed by atoms with Gasteiger partial charge in [-0.25, -0.2) is 0 Å². The van der Waals surface area contributed by atoms with Crippen molar-refractivity contribution in [3.8, 4) is 0 Å². The first-order valence-corrected chi connectivity index (χ1v) is 10.9. The fraction of sp³-hybridized carbons (Fsp3) is 0.800. The normalized spacial score (nSPS) is 34.3. The predicted octanol–water partition coefficient (Wildman–Crippen LogP) is 4.25. The van der Waals surface area contributed by atoms with E-state index < -0.39 is 0 Å². The summed E-state index contributed by atoms with van der Waals surface area (Å²) >= 11 is 1.65. The van der Waals surface area contributed by atoms with Crippen LogP contribution in [0.5, 0.6) is 0 Å². The average Bonchev–Trinajstić information content (AvgIpc) is 2.85. The number of carbonyl (C=O) groups excluding carboxylic acids is 1. The summed E-state index contributed by atoms with van der Waals surface area (Å²) in [6, 6.07) is 0.313. The van der Waals surface area contributed by atoms with Crippen molar-refractivity contribution in [1.29, 1.82) is 0 Å². The smallest absolute Gasteiger partial charge is 0.230 e. The Morgan fingerprint density at radius 2 is 1.84 bits per heavy atom. The Balaban J connectivity index is 1.29. The summed E-state index contributed by atoms with van der Waals surface area (Å²) in [4.78, 5) is 12.5. The highest BCUT2D eigenvalue weighted by atomic mass is 32.2. The Morgan fingerprint density at radius 3 is 2.36 bits per heavy atom. The number of nitrogens with zero attached hydrogens (tertiary/aromatic N) is 1. The molecule has 4 nitrogen and oxygen atoms in total. The molecule has 138 valence electrons. The van der Waals surface area contributed by atoms with E-state index in [9.17, 15) is 4.79 Å². The number of thioether (sulfide) groups is 1. The van der Waals surface area contributed by atoms with Crippen LogP contribution >= 0.6 is 11.8 Å². The first kappa shape index (κ1) is 17.4. The van der Waals surface area contributed by atoms with Crippen molar-refractivity contribution in [2.75, 3.05) is 5.75 Å².